The van der Waals surface area contributed by atoms with Gasteiger partial charge in [-0.15, -0.1) is 0 Å². The van der Waals surface area contributed by atoms with Gasteiger partial charge in [0.1, 0.15) is 0 Å². The zero-order valence-corrected chi connectivity index (χ0v) is 13.1. The van der Waals surface area contributed by atoms with Gasteiger partial charge in [0, 0.05) is 20.6 Å². The van der Waals surface area contributed by atoms with Crippen LogP contribution in [0, 0.1) is 0 Å². The minimum absolute atomic E-state index is 0.358. The van der Waals surface area contributed by atoms with Gasteiger partial charge in [0.05, 0.1) is 5.02 Å². The number of hydrogen-bond acceptors (Lipinski definition) is 2. The smallest absolute Gasteiger partial charge is 0.307 e. The van der Waals surface area contributed by atoms with E-state index < -0.39 is 0 Å². The fourth-order valence-electron chi connectivity index (χ4n) is 1.35. The summed E-state index contributed by atoms with van der Waals surface area (Å²) in [5, 5.41) is 4.31. The van der Waals surface area contributed by atoms with Crippen LogP contribution in [-0.2, 0) is 0 Å². The Hall–Kier alpha value is -1.07. The fourth-order valence-corrected chi connectivity index (χ4v) is 2.55. The fraction of sp³-hybridized carbons (Fsp3) is 0. The van der Waals surface area contributed by atoms with Crippen molar-refractivity contribution in [3.05, 3.63) is 57.5 Å². The third-order valence-electron chi connectivity index (χ3n) is 2.25. The Kier molecular flexibility index (Phi) is 5.43. The van der Waals surface area contributed by atoms with Crippen LogP contribution in [0.25, 0.3) is 0 Å². The minimum Gasteiger partial charge on any atom is -0.307 e. The molecule has 0 atom stereocenters. The molecule has 20 heavy (non-hydrogen) atoms. The molecule has 0 aliphatic carbocycles. The highest BCUT2D eigenvalue weighted by Crippen LogP contribution is 2.27. The van der Waals surface area contributed by atoms with Crippen LogP contribution in [0.3, 0.4) is 0 Å². The van der Waals surface area contributed by atoms with Gasteiger partial charge in [-0.1, -0.05) is 34.8 Å². The second kappa shape index (κ2) is 7.09. The summed E-state index contributed by atoms with van der Waals surface area (Å²) in [5.74, 6) is 0. The Bertz CT molecular complexity index is 620. The molecule has 7 heteroatoms. The van der Waals surface area contributed by atoms with E-state index in [2.05, 4.69) is 10.0 Å². The maximum Gasteiger partial charge on any atom is 0.329 e. The molecular weight excluding hydrogens is 339 g/mol. The number of benzene rings is 2. The SMILES string of the molecule is O=C(NSc1ccc(Cl)cc1Cl)Nc1ccc(Cl)cc1. The Labute approximate surface area is 135 Å². The second-order valence-electron chi connectivity index (χ2n) is 3.74. The topological polar surface area (TPSA) is 41.1 Å². The van der Waals surface area contributed by atoms with Crippen molar-refractivity contribution in [1.29, 1.82) is 0 Å². The summed E-state index contributed by atoms with van der Waals surface area (Å²) >= 11 is 18.7. The summed E-state index contributed by atoms with van der Waals surface area (Å²) in [7, 11) is 0. The second-order valence-corrected chi connectivity index (χ2v) is 5.87. The highest BCUT2D eigenvalue weighted by molar-refractivity contribution is 7.98. The van der Waals surface area contributed by atoms with Crippen LogP contribution >= 0.6 is 46.8 Å². The van der Waals surface area contributed by atoms with E-state index in [0.717, 1.165) is 11.9 Å². The average Bonchev–Trinajstić information content (AvgIpc) is 2.40. The number of nitrogens with one attached hydrogen (secondary N) is 2. The third-order valence-corrected chi connectivity index (χ3v) is 4.02. The molecule has 2 aromatic carbocycles. The molecule has 2 aromatic rings. The zero-order valence-electron chi connectivity index (χ0n) is 9.99. The maximum absolute atomic E-state index is 11.7. The lowest BCUT2D eigenvalue weighted by Gasteiger charge is -2.08. The molecule has 0 bridgehead atoms. The first-order valence-corrected chi connectivity index (χ1v) is 7.44. The van der Waals surface area contributed by atoms with Gasteiger partial charge < -0.3 is 5.32 Å². The van der Waals surface area contributed by atoms with Gasteiger partial charge in [0.25, 0.3) is 0 Å². The average molecular weight is 348 g/mol. The molecular formula is C13H9Cl3N2OS. The van der Waals surface area contributed by atoms with Crippen LogP contribution in [0.2, 0.25) is 15.1 Å². The molecule has 2 N–H and O–H groups in total. The molecule has 104 valence electrons. The van der Waals surface area contributed by atoms with E-state index in [1.807, 2.05) is 0 Å². The molecule has 0 fully saturated rings. The Balaban J connectivity index is 1.90. The van der Waals surface area contributed by atoms with Crippen molar-refractivity contribution in [2.45, 2.75) is 4.90 Å². The quantitative estimate of drug-likeness (QED) is 0.722. The summed E-state index contributed by atoms with van der Waals surface area (Å²) in [4.78, 5) is 12.4. The molecule has 0 aliphatic rings. The lowest BCUT2D eigenvalue weighted by atomic mass is 10.3. The van der Waals surface area contributed by atoms with Crippen molar-refractivity contribution in [1.82, 2.24) is 4.72 Å². The van der Waals surface area contributed by atoms with Crippen LogP contribution in [0.5, 0.6) is 0 Å². The predicted molar refractivity (Wildman–Crippen MR) is 85.9 cm³/mol. The van der Waals surface area contributed by atoms with Crippen LogP contribution in [0.4, 0.5) is 10.5 Å². The summed E-state index contributed by atoms with van der Waals surface area (Å²) in [6.45, 7) is 0. The molecule has 0 saturated carbocycles. The number of hydrogen-bond donors (Lipinski definition) is 2. The molecule has 0 saturated heterocycles. The lowest BCUT2D eigenvalue weighted by Crippen LogP contribution is -2.22. The highest BCUT2D eigenvalue weighted by atomic mass is 35.5. The van der Waals surface area contributed by atoms with Gasteiger partial charge in [0.15, 0.2) is 0 Å². The van der Waals surface area contributed by atoms with Crippen LogP contribution in [-0.4, -0.2) is 6.03 Å². The number of carbonyl (C=O) groups is 1. The van der Waals surface area contributed by atoms with Crippen LogP contribution < -0.4 is 10.0 Å². The summed E-state index contributed by atoms with van der Waals surface area (Å²) < 4.78 is 2.63. The van der Waals surface area contributed by atoms with E-state index in [1.165, 1.54) is 0 Å². The Morgan fingerprint density at radius 1 is 0.950 bits per heavy atom. The van der Waals surface area contributed by atoms with E-state index in [0.29, 0.717) is 25.7 Å². The first-order valence-electron chi connectivity index (χ1n) is 5.49. The molecule has 0 spiro atoms. The molecule has 0 heterocycles. The first kappa shape index (κ1) is 15.3. The third kappa shape index (κ3) is 4.49. The van der Waals surface area contributed by atoms with Crippen molar-refractivity contribution in [2.24, 2.45) is 0 Å². The van der Waals surface area contributed by atoms with Gasteiger partial charge in [-0.05, 0) is 54.4 Å². The molecule has 3 nitrogen and oxygen atoms in total. The van der Waals surface area contributed by atoms with E-state index in [4.69, 9.17) is 34.8 Å². The number of carbonyl (C=O) groups excluding carboxylic acids is 1. The number of anilines is 1. The van der Waals surface area contributed by atoms with Gasteiger partial charge in [-0.3, -0.25) is 4.72 Å². The largest absolute Gasteiger partial charge is 0.329 e. The summed E-state index contributed by atoms with van der Waals surface area (Å²) in [5.41, 5.74) is 0.648. The van der Waals surface area contributed by atoms with Crippen molar-refractivity contribution < 1.29 is 4.79 Å². The van der Waals surface area contributed by atoms with E-state index in [-0.39, 0.29) is 6.03 Å². The van der Waals surface area contributed by atoms with Crippen molar-refractivity contribution in [3.8, 4) is 0 Å². The maximum atomic E-state index is 11.7. The van der Waals surface area contributed by atoms with Gasteiger partial charge in [-0.2, -0.15) is 0 Å². The van der Waals surface area contributed by atoms with Gasteiger partial charge >= 0.3 is 6.03 Å². The zero-order chi connectivity index (χ0) is 14.5. The molecule has 0 unspecified atom stereocenters. The van der Waals surface area contributed by atoms with Crippen LogP contribution in [0.15, 0.2) is 47.4 Å². The monoisotopic (exact) mass is 346 g/mol. The van der Waals surface area contributed by atoms with E-state index >= 15 is 0 Å². The number of rotatable bonds is 3. The number of amides is 2. The van der Waals surface area contributed by atoms with Crippen molar-refractivity contribution in [2.75, 3.05) is 5.32 Å². The standard InChI is InChI=1S/C13H9Cl3N2OS/c14-8-1-4-10(5-2-8)17-13(19)18-20-12-6-3-9(15)7-11(12)16/h1-7H,(H2,17,18,19). The van der Waals surface area contributed by atoms with E-state index in [9.17, 15) is 4.79 Å². The molecule has 0 aromatic heterocycles. The molecule has 2 rings (SSSR count). The first-order chi connectivity index (χ1) is 9.54. The van der Waals surface area contributed by atoms with Crippen molar-refractivity contribution in [3.63, 3.8) is 0 Å². The normalized spacial score (nSPS) is 10.2. The van der Waals surface area contributed by atoms with Gasteiger partial charge in [-0.25, -0.2) is 4.79 Å². The predicted octanol–water partition coefficient (Wildman–Crippen LogP) is 5.48. The Morgan fingerprint density at radius 2 is 1.60 bits per heavy atom. The Morgan fingerprint density at radius 3 is 2.25 bits per heavy atom. The molecule has 0 aliphatic heterocycles. The molecule has 0 radical (unpaired) electrons. The summed E-state index contributed by atoms with van der Waals surface area (Å²) in [6.07, 6.45) is 0. The number of urea groups is 1. The van der Waals surface area contributed by atoms with Crippen molar-refractivity contribution >= 4 is 58.5 Å². The number of halogens is 3. The van der Waals surface area contributed by atoms with Gasteiger partial charge in [0.2, 0.25) is 0 Å². The van der Waals surface area contributed by atoms with E-state index in [1.54, 1.807) is 42.5 Å². The highest BCUT2D eigenvalue weighted by Gasteiger charge is 2.06. The molecule has 2 amide bonds. The minimum atomic E-state index is -0.358. The van der Waals surface area contributed by atoms with Crippen LogP contribution in [0.1, 0.15) is 0 Å². The summed E-state index contributed by atoms with van der Waals surface area (Å²) in [6, 6.07) is 11.5. The lowest BCUT2D eigenvalue weighted by molar-refractivity contribution is 0.257.